The smallest absolute Gasteiger partial charge is 0.246 e. The van der Waals surface area contributed by atoms with Crippen LogP contribution in [0.25, 0.3) is 16.7 Å². The molecule has 0 aliphatic carbocycles. The number of methoxy groups -OCH3 is 1. The first-order valence-electron chi connectivity index (χ1n) is 9.35. The number of nitrogens with two attached hydrogens (primary N) is 1. The van der Waals surface area contributed by atoms with Crippen LogP contribution in [0.4, 0.5) is 5.95 Å². The Hall–Kier alpha value is -3.10. The predicted molar refractivity (Wildman–Crippen MR) is 119 cm³/mol. The monoisotopic (exact) mass is 431 g/mol. The van der Waals surface area contributed by atoms with Crippen molar-refractivity contribution in [2.75, 3.05) is 19.0 Å². The molecule has 3 rings (SSSR count). The number of nitrogens with zero attached hydrogens (tertiary/aromatic N) is 2. The molecule has 30 heavy (non-hydrogen) atoms. The molecule has 0 aliphatic heterocycles. The van der Waals surface area contributed by atoms with E-state index in [0.717, 1.165) is 16.7 Å². The van der Waals surface area contributed by atoms with Gasteiger partial charge in [-0.3, -0.25) is 19.5 Å². The first kappa shape index (κ1) is 23.2. The van der Waals surface area contributed by atoms with Gasteiger partial charge in [0, 0.05) is 6.07 Å². The molecule has 4 N–H and O–H groups in total. The molecule has 0 aliphatic rings. The van der Waals surface area contributed by atoms with Crippen LogP contribution in [0.5, 0.6) is 5.75 Å². The van der Waals surface area contributed by atoms with Crippen molar-refractivity contribution in [3.63, 3.8) is 0 Å². The quantitative estimate of drug-likeness (QED) is 0.532. The average molecular weight is 432 g/mol. The van der Waals surface area contributed by atoms with E-state index in [1.807, 2.05) is 66.9 Å². The topological polar surface area (TPSA) is 111 Å². The highest BCUT2D eigenvalue weighted by Crippen LogP contribution is 2.26. The molecule has 3 aromatic rings. The second-order valence-corrected chi connectivity index (χ2v) is 7.00. The van der Waals surface area contributed by atoms with Crippen molar-refractivity contribution >= 4 is 41.2 Å². The van der Waals surface area contributed by atoms with Gasteiger partial charge in [-0.2, -0.15) is 0 Å². The van der Waals surface area contributed by atoms with Crippen LogP contribution in [0.15, 0.2) is 48.5 Å². The summed E-state index contributed by atoms with van der Waals surface area (Å²) in [6, 6.07) is 14.4. The van der Waals surface area contributed by atoms with E-state index < -0.39 is 11.9 Å². The molecule has 160 valence electrons. The minimum Gasteiger partial charge on any atom is -0.497 e. The fourth-order valence-electron chi connectivity index (χ4n) is 2.88. The Kier molecular flexibility index (Phi) is 7.79. The highest BCUT2D eigenvalue weighted by atomic mass is 35.5. The summed E-state index contributed by atoms with van der Waals surface area (Å²) in [6.07, 6.45) is 0. The summed E-state index contributed by atoms with van der Waals surface area (Å²) in [7, 11) is 1.60. The predicted octanol–water partition coefficient (Wildman–Crippen LogP) is 2.49. The van der Waals surface area contributed by atoms with E-state index >= 15 is 0 Å². The van der Waals surface area contributed by atoms with E-state index in [1.54, 1.807) is 7.11 Å². The van der Waals surface area contributed by atoms with Gasteiger partial charge in [0.15, 0.2) is 0 Å². The second kappa shape index (κ2) is 10.1. The van der Waals surface area contributed by atoms with Crippen molar-refractivity contribution in [3.8, 4) is 11.4 Å². The zero-order valence-electron chi connectivity index (χ0n) is 17.1. The molecule has 0 bridgehead atoms. The average Bonchev–Trinajstić information content (AvgIpc) is 3.09. The van der Waals surface area contributed by atoms with Crippen molar-refractivity contribution in [1.29, 1.82) is 0 Å². The number of rotatable bonds is 7. The van der Waals surface area contributed by atoms with Gasteiger partial charge in [0.25, 0.3) is 0 Å². The minimum absolute atomic E-state index is 0. The Bertz CT molecular complexity index is 1030. The summed E-state index contributed by atoms with van der Waals surface area (Å²) >= 11 is 0. The van der Waals surface area contributed by atoms with Crippen LogP contribution >= 0.6 is 12.4 Å². The van der Waals surface area contributed by atoms with E-state index in [1.165, 1.54) is 0 Å². The number of ether oxygens (including phenoxy) is 1. The maximum atomic E-state index is 12.4. The van der Waals surface area contributed by atoms with Crippen LogP contribution in [0.2, 0.25) is 0 Å². The van der Waals surface area contributed by atoms with E-state index in [2.05, 4.69) is 15.6 Å². The van der Waals surface area contributed by atoms with Gasteiger partial charge < -0.3 is 15.8 Å². The summed E-state index contributed by atoms with van der Waals surface area (Å²) < 4.78 is 7.14. The van der Waals surface area contributed by atoms with E-state index in [0.29, 0.717) is 11.7 Å². The number of benzene rings is 2. The van der Waals surface area contributed by atoms with Gasteiger partial charge in [0.1, 0.15) is 5.75 Å². The summed E-state index contributed by atoms with van der Waals surface area (Å²) in [6.45, 7) is 3.50. The third kappa shape index (κ3) is 5.08. The SMILES string of the molecule is COc1cccc(-n2c(NC(=O)CNC(=O)[C@@H](N)C(C)C)nc3ccccc32)c1.Cl. The molecule has 0 radical (unpaired) electrons. The fourth-order valence-corrected chi connectivity index (χ4v) is 2.88. The van der Waals surface area contributed by atoms with Gasteiger partial charge in [0.2, 0.25) is 17.8 Å². The Morgan fingerprint density at radius 1 is 1.17 bits per heavy atom. The van der Waals surface area contributed by atoms with Crippen molar-refractivity contribution in [3.05, 3.63) is 48.5 Å². The normalized spacial score (nSPS) is 11.6. The zero-order valence-corrected chi connectivity index (χ0v) is 17.9. The molecule has 0 unspecified atom stereocenters. The van der Waals surface area contributed by atoms with Gasteiger partial charge in [-0.15, -0.1) is 12.4 Å². The van der Waals surface area contributed by atoms with Crippen molar-refractivity contribution < 1.29 is 14.3 Å². The summed E-state index contributed by atoms with van der Waals surface area (Å²) in [5.74, 6) is 0.264. The molecule has 0 saturated carbocycles. The molecular formula is C21H26ClN5O3. The molecular weight excluding hydrogens is 406 g/mol. The van der Waals surface area contributed by atoms with Crippen molar-refractivity contribution in [1.82, 2.24) is 14.9 Å². The van der Waals surface area contributed by atoms with Crippen molar-refractivity contribution in [2.24, 2.45) is 11.7 Å². The number of imidazole rings is 1. The third-order valence-corrected chi connectivity index (χ3v) is 4.57. The fraction of sp³-hybridized carbons (Fsp3) is 0.286. The number of carbonyl (C=O) groups excluding carboxylic acids is 2. The number of fused-ring (bicyclic) bond motifs is 1. The van der Waals surface area contributed by atoms with Gasteiger partial charge in [-0.1, -0.05) is 32.0 Å². The van der Waals surface area contributed by atoms with E-state index in [9.17, 15) is 9.59 Å². The van der Waals surface area contributed by atoms with Gasteiger partial charge in [-0.25, -0.2) is 4.98 Å². The number of aromatic nitrogens is 2. The first-order valence-corrected chi connectivity index (χ1v) is 9.35. The summed E-state index contributed by atoms with van der Waals surface area (Å²) in [5, 5.41) is 5.34. The number of para-hydroxylation sites is 2. The van der Waals surface area contributed by atoms with E-state index in [4.69, 9.17) is 10.5 Å². The number of amides is 2. The maximum absolute atomic E-state index is 12.4. The highest BCUT2D eigenvalue weighted by molar-refractivity contribution is 5.96. The minimum atomic E-state index is -0.663. The summed E-state index contributed by atoms with van der Waals surface area (Å²) in [5.41, 5.74) is 8.16. The van der Waals surface area contributed by atoms with Gasteiger partial charge >= 0.3 is 0 Å². The van der Waals surface area contributed by atoms with Crippen molar-refractivity contribution in [2.45, 2.75) is 19.9 Å². The number of hydrogen-bond donors (Lipinski definition) is 3. The highest BCUT2D eigenvalue weighted by Gasteiger charge is 2.19. The van der Waals surface area contributed by atoms with Crippen LogP contribution in [-0.4, -0.2) is 41.1 Å². The van der Waals surface area contributed by atoms with Crippen LogP contribution in [-0.2, 0) is 9.59 Å². The first-order chi connectivity index (χ1) is 13.9. The standard InChI is InChI=1S/C21H25N5O3.ClH/c1-13(2)19(22)20(28)23-12-18(27)25-21-24-16-9-4-5-10-17(16)26(21)14-7-6-8-15(11-14)29-3;/h4-11,13,19H,12,22H2,1-3H3,(H,23,28)(H,24,25,27);1H/t19-;/m0./s1. The number of halogens is 1. The lowest BCUT2D eigenvalue weighted by Gasteiger charge is -2.15. The molecule has 1 atom stereocenters. The maximum Gasteiger partial charge on any atom is 0.246 e. The van der Waals surface area contributed by atoms with Gasteiger partial charge in [-0.05, 0) is 30.2 Å². The van der Waals surface area contributed by atoms with Crippen LogP contribution in [0, 0.1) is 5.92 Å². The molecule has 0 fully saturated rings. The Balaban J connectivity index is 0.00000320. The molecule has 2 aromatic carbocycles. The number of anilines is 1. The van der Waals surface area contributed by atoms with Crippen LogP contribution in [0.1, 0.15) is 13.8 Å². The third-order valence-electron chi connectivity index (χ3n) is 4.57. The lowest BCUT2D eigenvalue weighted by atomic mass is 10.1. The second-order valence-electron chi connectivity index (χ2n) is 7.00. The molecule has 1 aromatic heterocycles. The molecule has 9 heteroatoms. The number of nitrogens with one attached hydrogen (secondary N) is 2. The van der Waals surface area contributed by atoms with Gasteiger partial charge in [0.05, 0.1) is 36.4 Å². The zero-order chi connectivity index (χ0) is 21.0. The number of hydrogen-bond acceptors (Lipinski definition) is 5. The lowest BCUT2D eigenvalue weighted by Crippen LogP contribution is -2.46. The molecule has 0 saturated heterocycles. The number of carbonyl (C=O) groups is 2. The lowest BCUT2D eigenvalue weighted by molar-refractivity contribution is -0.125. The summed E-state index contributed by atoms with van der Waals surface area (Å²) in [4.78, 5) is 29.0. The Morgan fingerprint density at radius 3 is 2.60 bits per heavy atom. The molecule has 0 spiro atoms. The van der Waals surface area contributed by atoms with Crippen LogP contribution < -0.4 is 21.1 Å². The van der Waals surface area contributed by atoms with E-state index in [-0.39, 0.29) is 30.8 Å². The molecule has 8 nitrogen and oxygen atoms in total. The molecule has 1 heterocycles. The Morgan fingerprint density at radius 2 is 1.90 bits per heavy atom. The van der Waals surface area contributed by atoms with Crippen LogP contribution in [0.3, 0.4) is 0 Å². The largest absolute Gasteiger partial charge is 0.497 e. The molecule has 2 amide bonds. The Labute approximate surface area is 181 Å².